The van der Waals surface area contributed by atoms with E-state index in [1.807, 2.05) is 41.5 Å². The predicted molar refractivity (Wildman–Crippen MR) is 103 cm³/mol. The summed E-state index contributed by atoms with van der Waals surface area (Å²) in [7, 11) is 0. The average Bonchev–Trinajstić information content (AvgIpc) is 2.54. The van der Waals surface area contributed by atoms with Crippen molar-refractivity contribution in [2.45, 2.75) is 92.2 Å². The zero-order valence-corrected chi connectivity index (χ0v) is 17.9. The second-order valence-corrected chi connectivity index (χ2v) is 8.22. The smallest absolute Gasteiger partial charge is 0.335 e. The molecule has 0 radical (unpaired) electrons. The van der Waals surface area contributed by atoms with Crippen LogP contribution in [0, 0.1) is 11.8 Å². The number of hydrogen-bond donors (Lipinski definition) is 0. The fourth-order valence-corrected chi connectivity index (χ4v) is 2.84. The molecule has 0 aromatic rings. The molecular formula is C20H38N2O4. The van der Waals surface area contributed by atoms with Crippen LogP contribution in [0.3, 0.4) is 0 Å². The van der Waals surface area contributed by atoms with Crippen molar-refractivity contribution < 1.29 is 19.1 Å². The van der Waals surface area contributed by atoms with Crippen LogP contribution in [0.25, 0.3) is 0 Å². The van der Waals surface area contributed by atoms with Crippen LogP contribution in [0.1, 0.15) is 81.1 Å². The van der Waals surface area contributed by atoms with Gasteiger partial charge in [0, 0.05) is 0 Å². The molecule has 0 saturated heterocycles. The van der Waals surface area contributed by atoms with Gasteiger partial charge in [-0.15, -0.1) is 0 Å². The van der Waals surface area contributed by atoms with Crippen LogP contribution in [0.4, 0.5) is 0 Å². The molecule has 0 fully saturated rings. The lowest BCUT2D eigenvalue weighted by Crippen LogP contribution is -2.40. The SMILES string of the molecule is CCCOC(=O)C(C)(CC(C)C)N=NC(C)(CC(C)C)C(=O)OCCC. The molecule has 0 spiro atoms. The number of nitrogens with zero attached hydrogens (tertiary/aromatic N) is 2. The Hall–Kier alpha value is -1.46. The molecule has 0 amide bonds. The minimum Gasteiger partial charge on any atom is -0.464 e. The van der Waals surface area contributed by atoms with Crippen molar-refractivity contribution in [3.05, 3.63) is 0 Å². The molecule has 0 aromatic carbocycles. The molecule has 6 heteroatoms. The number of esters is 2. The summed E-state index contributed by atoms with van der Waals surface area (Å²) in [5.74, 6) is -0.329. The first-order chi connectivity index (χ1) is 12.0. The molecule has 26 heavy (non-hydrogen) atoms. The maximum absolute atomic E-state index is 12.5. The Morgan fingerprint density at radius 3 is 1.31 bits per heavy atom. The number of rotatable bonds is 12. The molecule has 0 aliphatic carbocycles. The number of azo groups is 1. The lowest BCUT2D eigenvalue weighted by molar-refractivity contribution is -0.152. The summed E-state index contributed by atoms with van der Waals surface area (Å²) in [6.45, 7) is 16.1. The molecule has 0 rings (SSSR count). The Bertz CT molecular complexity index is 434. The molecule has 0 N–H and O–H groups in total. The zero-order chi connectivity index (χ0) is 20.4. The maximum atomic E-state index is 12.5. The van der Waals surface area contributed by atoms with Gasteiger partial charge in [-0.25, -0.2) is 9.59 Å². The quantitative estimate of drug-likeness (QED) is 0.359. The lowest BCUT2D eigenvalue weighted by Gasteiger charge is -2.28. The minimum absolute atomic E-state index is 0.233. The van der Waals surface area contributed by atoms with E-state index in [-0.39, 0.29) is 11.8 Å². The highest BCUT2D eigenvalue weighted by Gasteiger charge is 2.40. The highest BCUT2D eigenvalue weighted by molar-refractivity contribution is 5.81. The van der Waals surface area contributed by atoms with Crippen molar-refractivity contribution in [3.63, 3.8) is 0 Å². The van der Waals surface area contributed by atoms with Gasteiger partial charge in [-0.05, 0) is 51.4 Å². The van der Waals surface area contributed by atoms with Gasteiger partial charge in [0.25, 0.3) is 0 Å². The van der Waals surface area contributed by atoms with Crippen LogP contribution in [0.2, 0.25) is 0 Å². The number of carbonyl (C=O) groups excluding carboxylic acids is 2. The number of ether oxygens (including phenoxy) is 2. The minimum atomic E-state index is -1.10. The summed E-state index contributed by atoms with van der Waals surface area (Å²) in [6.07, 6.45) is 2.49. The summed E-state index contributed by atoms with van der Waals surface area (Å²) in [5.41, 5.74) is -2.21. The van der Waals surface area contributed by atoms with E-state index in [4.69, 9.17) is 9.47 Å². The van der Waals surface area contributed by atoms with Crippen molar-refractivity contribution in [2.24, 2.45) is 22.1 Å². The molecular weight excluding hydrogens is 332 g/mol. The van der Waals surface area contributed by atoms with Gasteiger partial charge >= 0.3 is 11.9 Å². The normalized spacial score (nSPS) is 16.5. The van der Waals surface area contributed by atoms with Crippen molar-refractivity contribution in [1.82, 2.24) is 0 Å². The van der Waals surface area contributed by atoms with Gasteiger partial charge in [0.15, 0.2) is 11.1 Å². The van der Waals surface area contributed by atoms with Gasteiger partial charge in [-0.2, -0.15) is 10.2 Å². The van der Waals surface area contributed by atoms with Gasteiger partial charge in [-0.3, -0.25) is 0 Å². The molecule has 6 nitrogen and oxygen atoms in total. The van der Waals surface area contributed by atoms with Crippen LogP contribution < -0.4 is 0 Å². The average molecular weight is 371 g/mol. The van der Waals surface area contributed by atoms with E-state index in [0.717, 1.165) is 12.8 Å². The van der Waals surface area contributed by atoms with Crippen LogP contribution >= 0.6 is 0 Å². The van der Waals surface area contributed by atoms with Crippen molar-refractivity contribution in [1.29, 1.82) is 0 Å². The van der Waals surface area contributed by atoms with Crippen LogP contribution in [0.5, 0.6) is 0 Å². The third-order valence-corrected chi connectivity index (χ3v) is 3.86. The summed E-state index contributed by atoms with van der Waals surface area (Å²) >= 11 is 0. The standard InChI is InChI=1S/C20H38N2O4/c1-9-11-25-17(23)19(7,13-15(3)4)21-22-20(8,14-16(5)6)18(24)26-12-10-2/h15-16H,9-14H2,1-8H3. The predicted octanol–water partition coefficient (Wildman–Crippen LogP) is 4.95. The Labute approximate surface area is 159 Å². The number of hydrogen-bond acceptors (Lipinski definition) is 6. The van der Waals surface area contributed by atoms with E-state index in [0.29, 0.717) is 26.1 Å². The van der Waals surface area contributed by atoms with E-state index in [1.54, 1.807) is 13.8 Å². The van der Waals surface area contributed by atoms with Crippen LogP contribution in [-0.4, -0.2) is 36.2 Å². The van der Waals surface area contributed by atoms with E-state index < -0.39 is 23.0 Å². The number of carbonyl (C=O) groups is 2. The summed E-state index contributed by atoms with van der Waals surface area (Å²) in [6, 6.07) is 0. The molecule has 0 bridgehead atoms. The third kappa shape index (κ3) is 8.28. The molecule has 0 aromatic heterocycles. The summed E-state index contributed by atoms with van der Waals surface area (Å²) in [4.78, 5) is 25.1. The largest absolute Gasteiger partial charge is 0.464 e. The Kier molecular flexibility index (Phi) is 10.7. The first kappa shape index (κ1) is 24.5. The highest BCUT2D eigenvalue weighted by Crippen LogP contribution is 2.29. The van der Waals surface area contributed by atoms with Gasteiger partial charge in [0.05, 0.1) is 13.2 Å². The molecule has 152 valence electrons. The monoisotopic (exact) mass is 370 g/mol. The zero-order valence-electron chi connectivity index (χ0n) is 17.9. The molecule has 0 heterocycles. The molecule has 0 aliphatic heterocycles. The van der Waals surface area contributed by atoms with Crippen molar-refractivity contribution in [3.8, 4) is 0 Å². The Balaban J connectivity index is 5.63. The van der Waals surface area contributed by atoms with Crippen molar-refractivity contribution >= 4 is 11.9 Å². The van der Waals surface area contributed by atoms with Crippen LogP contribution in [-0.2, 0) is 19.1 Å². The van der Waals surface area contributed by atoms with Gasteiger partial charge in [0.1, 0.15) is 0 Å². The Morgan fingerprint density at radius 2 is 1.08 bits per heavy atom. The fourth-order valence-electron chi connectivity index (χ4n) is 2.84. The summed E-state index contributed by atoms with van der Waals surface area (Å²) in [5, 5.41) is 8.71. The highest BCUT2D eigenvalue weighted by atomic mass is 16.5. The second kappa shape index (κ2) is 11.3. The first-order valence-electron chi connectivity index (χ1n) is 9.79. The van der Waals surface area contributed by atoms with E-state index in [2.05, 4.69) is 10.2 Å². The fraction of sp³-hybridized carbons (Fsp3) is 0.900. The van der Waals surface area contributed by atoms with Gasteiger partial charge < -0.3 is 9.47 Å². The second-order valence-electron chi connectivity index (χ2n) is 8.22. The Morgan fingerprint density at radius 1 is 0.769 bits per heavy atom. The topological polar surface area (TPSA) is 77.3 Å². The van der Waals surface area contributed by atoms with E-state index >= 15 is 0 Å². The van der Waals surface area contributed by atoms with Crippen molar-refractivity contribution in [2.75, 3.05) is 13.2 Å². The summed E-state index contributed by atoms with van der Waals surface area (Å²) < 4.78 is 10.6. The molecule has 0 saturated carbocycles. The molecule has 0 aliphatic rings. The van der Waals surface area contributed by atoms with E-state index in [9.17, 15) is 9.59 Å². The van der Waals surface area contributed by atoms with Gasteiger partial charge in [0.2, 0.25) is 0 Å². The molecule has 2 atom stereocenters. The first-order valence-corrected chi connectivity index (χ1v) is 9.79. The molecule has 2 unspecified atom stereocenters. The third-order valence-electron chi connectivity index (χ3n) is 3.86. The lowest BCUT2D eigenvalue weighted by atomic mass is 9.90. The van der Waals surface area contributed by atoms with Gasteiger partial charge in [-0.1, -0.05) is 41.5 Å². The van der Waals surface area contributed by atoms with Crippen LogP contribution in [0.15, 0.2) is 10.2 Å². The van der Waals surface area contributed by atoms with E-state index in [1.165, 1.54) is 0 Å². The maximum Gasteiger partial charge on any atom is 0.335 e.